The lowest BCUT2D eigenvalue weighted by Gasteiger charge is -2.08. The zero-order chi connectivity index (χ0) is 16.9. The Balaban J connectivity index is 1.47. The van der Waals surface area contributed by atoms with E-state index in [-0.39, 0.29) is 25.2 Å². The van der Waals surface area contributed by atoms with E-state index in [1.54, 1.807) is 30.3 Å². The quantitative estimate of drug-likeness (QED) is 0.869. The summed E-state index contributed by atoms with van der Waals surface area (Å²) in [6.45, 7) is 0.430. The van der Waals surface area contributed by atoms with Crippen LogP contribution in [0.25, 0.3) is 0 Å². The Kier molecular flexibility index (Phi) is 4.86. The van der Waals surface area contributed by atoms with Crippen molar-refractivity contribution >= 4 is 23.4 Å². The van der Waals surface area contributed by atoms with E-state index in [0.717, 1.165) is 5.56 Å². The average Bonchev–Trinajstić information content (AvgIpc) is 3.05. The molecular formula is C17H15ClN2O4. The normalized spacial score (nSPS) is 11.9. The summed E-state index contributed by atoms with van der Waals surface area (Å²) in [5.41, 5.74) is 1.29. The van der Waals surface area contributed by atoms with Gasteiger partial charge in [0.1, 0.15) is 0 Å². The van der Waals surface area contributed by atoms with Gasteiger partial charge >= 0.3 is 0 Å². The fourth-order valence-electron chi connectivity index (χ4n) is 2.21. The second-order valence-electron chi connectivity index (χ2n) is 5.16. The Morgan fingerprint density at radius 1 is 1.04 bits per heavy atom. The Bertz CT molecular complexity index is 779. The summed E-state index contributed by atoms with van der Waals surface area (Å²) in [4.78, 5) is 23.8. The lowest BCUT2D eigenvalue weighted by Crippen LogP contribution is -2.36. The smallest absolute Gasteiger partial charge is 0.251 e. The maximum absolute atomic E-state index is 11.9. The molecule has 0 bridgehead atoms. The maximum atomic E-state index is 11.9. The monoisotopic (exact) mass is 346 g/mol. The van der Waals surface area contributed by atoms with Crippen LogP contribution in [0.5, 0.6) is 11.5 Å². The molecule has 2 N–H and O–H groups in total. The second kappa shape index (κ2) is 7.23. The van der Waals surface area contributed by atoms with Crippen molar-refractivity contribution in [2.75, 3.05) is 13.3 Å². The Morgan fingerprint density at radius 3 is 2.71 bits per heavy atom. The third-order valence-electron chi connectivity index (χ3n) is 3.42. The number of ether oxygens (including phenoxy) is 2. The molecule has 2 aromatic rings. The van der Waals surface area contributed by atoms with Crippen LogP contribution in [0.2, 0.25) is 5.02 Å². The molecule has 3 rings (SSSR count). The molecule has 0 atom stereocenters. The second-order valence-corrected chi connectivity index (χ2v) is 5.59. The lowest BCUT2D eigenvalue weighted by molar-refractivity contribution is -0.120. The molecular weight excluding hydrogens is 332 g/mol. The van der Waals surface area contributed by atoms with Gasteiger partial charge in [-0.25, -0.2) is 0 Å². The molecule has 2 amide bonds. The molecule has 24 heavy (non-hydrogen) atoms. The Labute approximate surface area is 143 Å². The van der Waals surface area contributed by atoms with Gasteiger partial charge in [-0.15, -0.1) is 0 Å². The molecule has 1 aliphatic rings. The molecule has 0 radical (unpaired) electrons. The molecule has 0 spiro atoms. The van der Waals surface area contributed by atoms with Gasteiger partial charge in [0.05, 0.1) is 6.54 Å². The molecule has 124 valence electrons. The first-order valence-corrected chi connectivity index (χ1v) is 7.68. The van der Waals surface area contributed by atoms with Gasteiger partial charge in [0.25, 0.3) is 5.91 Å². The van der Waals surface area contributed by atoms with E-state index in [4.69, 9.17) is 21.1 Å². The van der Waals surface area contributed by atoms with E-state index in [2.05, 4.69) is 10.6 Å². The van der Waals surface area contributed by atoms with Crippen LogP contribution in [0, 0.1) is 0 Å². The van der Waals surface area contributed by atoms with Gasteiger partial charge in [0.15, 0.2) is 11.5 Å². The SMILES string of the molecule is O=C(CNC(=O)c1cccc(Cl)c1)NCc1ccc2c(c1)OCO2. The summed E-state index contributed by atoms with van der Waals surface area (Å²) in [6, 6.07) is 12.0. The zero-order valence-electron chi connectivity index (χ0n) is 12.7. The van der Waals surface area contributed by atoms with Gasteiger partial charge in [-0.05, 0) is 35.9 Å². The third-order valence-corrected chi connectivity index (χ3v) is 3.66. The van der Waals surface area contributed by atoms with Crippen molar-refractivity contribution in [1.29, 1.82) is 0 Å². The first-order valence-electron chi connectivity index (χ1n) is 7.31. The summed E-state index contributed by atoms with van der Waals surface area (Å²) in [7, 11) is 0. The van der Waals surface area contributed by atoms with Gasteiger partial charge in [-0.2, -0.15) is 0 Å². The number of hydrogen-bond acceptors (Lipinski definition) is 4. The van der Waals surface area contributed by atoms with E-state index in [9.17, 15) is 9.59 Å². The molecule has 1 heterocycles. The number of fused-ring (bicyclic) bond motifs is 1. The minimum absolute atomic E-state index is 0.115. The fraction of sp³-hybridized carbons (Fsp3) is 0.176. The molecule has 1 aliphatic heterocycles. The molecule has 6 nitrogen and oxygen atoms in total. The van der Waals surface area contributed by atoms with Crippen LogP contribution < -0.4 is 20.1 Å². The number of carbonyl (C=O) groups excluding carboxylic acids is 2. The van der Waals surface area contributed by atoms with Crippen molar-refractivity contribution in [1.82, 2.24) is 10.6 Å². The van der Waals surface area contributed by atoms with Gasteiger partial charge in [-0.3, -0.25) is 9.59 Å². The fourth-order valence-corrected chi connectivity index (χ4v) is 2.40. The molecule has 0 saturated heterocycles. The summed E-state index contributed by atoms with van der Waals surface area (Å²) >= 11 is 5.83. The molecule has 2 aromatic carbocycles. The van der Waals surface area contributed by atoms with E-state index < -0.39 is 0 Å². The molecule has 7 heteroatoms. The third kappa shape index (κ3) is 3.97. The predicted octanol–water partition coefficient (Wildman–Crippen LogP) is 2.11. The van der Waals surface area contributed by atoms with Crippen LogP contribution >= 0.6 is 11.6 Å². The Morgan fingerprint density at radius 2 is 1.88 bits per heavy atom. The van der Waals surface area contributed by atoms with Crippen molar-refractivity contribution in [3.63, 3.8) is 0 Å². The first-order chi connectivity index (χ1) is 11.6. The van der Waals surface area contributed by atoms with Crippen LogP contribution in [0.4, 0.5) is 0 Å². The van der Waals surface area contributed by atoms with Gasteiger partial charge < -0.3 is 20.1 Å². The Hall–Kier alpha value is -2.73. The van der Waals surface area contributed by atoms with Crippen molar-refractivity contribution < 1.29 is 19.1 Å². The van der Waals surface area contributed by atoms with Crippen LogP contribution in [0.15, 0.2) is 42.5 Å². The van der Waals surface area contributed by atoms with E-state index in [0.29, 0.717) is 28.6 Å². The van der Waals surface area contributed by atoms with Crippen molar-refractivity contribution in [3.05, 3.63) is 58.6 Å². The van der Waals surface area contributed by atoms with E-state index in [1.165, 1.54) is 0 Å². The molecule has 0 saturated carbocycles. The highest BCUT2D eigenvalue weighted by Crippen LogP contribution is 2.32. The van der Waals surface area contributed by atoms with E-state index in [1.807, 2.05) is 12.1 Å². The predicted molar refractivity (Wildman–Crippen MR) is 88.2 cm³/mol. The largest absolute Gasteiger partial charge is 0.454 e. The molecule has 0 fully saturated rings. The van der Waals surface area contributed by atoms with Crippen molar-refractivity contribution in [2.24, 2.45) is 0 Å². The summed E-state index contributed by atoms with van der Waals surface area (Å²) in [5, 5.41) is 5.75. The highest BCUT2D eigenvalue weighted by atomic mass is 35.5. The van der Waals surface area contributed by atoms with Gasteiger partial charge in [-0.1, -0.05) is 23.7 Å². The highest BCUT2D eigenvalue weighted by molar-refractivity contribution is 6.30. The van der Waals surface area contributed by atoms with Gasteiger partial charge in [0, 0.05) is 17.1 Å². The molecule has 0 unspecified atom stereocenters. The molecule has 0 aromatic heterocycles. The summed E-state index contributed by atoms with van der Waals surface area (Å²) in [6.07, 6.45) is 0. The van der Waals surface area contributed by atoms with Crippen LogP contribution in [-0.4, -0.2) is 25.2 Å². The number of amides is 2. The van der Waals surface area contributed by atoms with Crippen molar-refractivity contribution in [3.8, 4) is 11.5 Å². The van der Waals surface area contributed by atoms with Crippen LogP contribution in [0.1, 0.15) is 15.9 Å². The molecule has 0 aliphatic carbocycles. The number of halogens is 1. The summed E-state index contributed by atoms with van der Waals surface area (Å²) in [5.74, 6) is 0.716. The van der Waals surface area contributed by atoms with E-state index >= 15 is 0 Å². The number of nitrogens with one attached hydrogen (secondary N) is 2. The lowest BCUT2D eigenvalue weighted by atomic mass is 10.2. The first kappa shape index (κ1) is 16.1. The highest BCUT2D eigenvalue weighted by Gasteiger charge is 2.13. The number of carbonyl (C=O) groups is 2. The summed E-state index contributed by atoms with van der Waals surface area (Å²) < 4.78 is 10.5. The average molecular weight is 347 g/mol. The van der Waals surface area contributed by atoms with Gasteiger partial charge in [0.2, 0.25) is 12.7 Å². The minimum atomic E-state index is -0.351. The standard InChI is InChI=1S/C17H15ClN2O4/c18-13-3-1-2-12(7-13)17(22)20-9-16(21)19-8-11-4-5-14-15(6-11)24-10-23-14/h1-7H,8-10H2,(H,19,21)(H,20,22). The maximum Gasteiger partial charge on any atom is 0.251 e. The van der Waals surface area contributed by atoms with Crippen LogP contribution in [-0.2, 0) is 11.3 Å². The topological polar surface area (TPSA) is 76.7 Å². The van der Waals surface area contributed by atoms with Crippen LogP contribution in [0.3, 0.4) is 0 Å². The minimum Gasteiger partial charge on any atom is -0.454 e. The number of benzene rings is 2. The van der Waals surface area contributed by atoms with Crippen molar-refractivity contribution in [2.45, 2.75) is 6.54 Å². The number of hydrogen-bond donors (Lipinski definition) is 2. The zero-order valence-corrected chi connectivity index (χ0v) is 13.4. The number of rotatable bonds is 5.